The molecule has 0 spiro atoms. The molecular weight excluding hydrogens is 304 g/mol. The van der Waals surface area contributed by atoms with Crippen LogP contribution in [-0.2, 0) is 20.9 Å². The minimum atomic E-state index is -0.0358. The van der Waals surface area contributed by atoms with Crippen molar-refractivity contribution in [3.05, 3.63) is 5.01 Å². The number of amides is 1. The van der Waals surface area contributed by atoms with E-state index in [0.29, 0.717) is 37.0 Å². The highest BCUT2D eigenvalue weighted by atomic mass is 32.1. The average molecular weight is 326 g/mol. The highest BCUT2D eigenvalue weighted by Crippen LogP contribution is 2.28. The zero-order valence-electron chi connectivity index (χ0n) is 12.8. The van der Waals surface area contributed by atoms with Crippen LogP contribution in [0.5, 0.6) is 0 Å². The van der Waals surface area contributed by atoms with Crippen LogP contribution >= 0.6 is 11.3 Å². The Morgan fingerprint density at radius 3 is 3.18 bits per heavy atom. The molecule has 0 unspecified atom stereocenters. The van der Waals surface area contributed by atoms with Gasteiger partial charge in [0, 0.05) is 19.7 Å². The van der Waals surface area contributed by atoms with Crippen LogP contribution < -0.4 is 5.32 Å². The third-order valence-corrected chi connectivity index (χ3v) is 4.99. The number of hydrogen-bond donors (Lipinski definition) is 1. The van der Waals surface area contributed by atoms with E-state index < -0.39 is 0 Å². The van der Waals surface area contributed by atoms with Crippen molar-refractivity contribution in [2.75, 3.05) is 32.1 Å². The number of anilines is 1. The molecule has 22 heavy (non-hydrogen) atoms. The van der Waals surface area contributed by atoms with Gasteiger partial charge in [0.05, 0.1) is 19.3 Å². The molecule has 1 N–H and O–H groups in total. The Balaban J connectivity index is 1.53. The predicted molar refractivity (Wildman–Crippen MR) is 82.8 cm³/mol. The fourth-order valence-electron chi connectivity index (χ4n) is 3.20. The zero-order chi connectivity index (χ0) is 15.4. The molecule has 2 atom stereocenters. The summed E-state index contributed by atoms with van der Waals surface area (Å²) < 4.78 is 10.8. The SMILES string of the molecule is COCc1nnc(NC(=O)CN2CCO[C@@H]3CCCC[C@H]32)s1. The summed E-state index contributed by atoms with van der Waals surface area (Å²) in [4.78, 5) is 14.5. The lowest BCUT2D eigenvalue weighted by Gasteiger charge is -2.43. The van der Waals surface area contributed by atoms with Gasteiger partial charge in [-0.15, -0.1) is 10.2 Å². The molecule has 1 saturated carbocycles. The first-order valence-corrected chi connectivity index (χ1v) is 8.54. The summed E-state index contributed by atoms with van der Waals surface area (Å²) in [6, 6.07) is 0.381. The van der Waals surface area contributed by atoms with E-state index in [1.807, 2.05) is 0 Å². The summed E-state index contributed by atoms with van der Waals surface area (Å²) in [6.45, 7) is 2.34. The number of morpholine rings is 1. The molecule has 8 heteroatoms. The highest BCUT2D eigenvalue weighted by molar-refractivity contribution is 7.15. The van der Waals surface area contributed by atoms with Gasteiger partial charge in [-0.1, -0.05) is 24.2 Å². The number of aromatic nitrogens is 2. The second-order valence-electron chi connectivity index (χ2n) is 5.71. The molecule has 1 saturated heterocycles. The van der Waals surface area contributed by atoms with Crippen molar-refractivity contribution >= 4 is 22.4 Å². The third kappa shape index (κ3) is 3.81. The van der Waals surface area contributed by atoms with E-state index in [4.69, 9.17) is 9.47 Å². The minimum Gasteiger partial charge on any atom is -0.377 e. The molecule has 1 aromatic heterocycles. The molecule has 2 aliphatic rings. The Kier molecular flexibility index (Phi) is 5.35. The van der Waals surface area contributed by atoms with Crippen LogP contribution in [0.4, 0.5) is 5.13 Å². The number of hydrogen-bond acceptors (Lipinski definition) is 7. The largest absolute Gasteiger partial charge is 0.377 e. The second-order valence-corrected chi connectivity index (χ2v) is 6.78. The van der Waals surface area contributed by atoms with Crippen LogP contribution in [0.3, 0.4) is 0 Å². The number of fused-ring (bicyclic) bond motifs is 1. The normalized spacial score (nSPS) is 25.7. The Morgan fingerprint density at radius 2 is 2.32 bits per heavy atom. The lowest BCUT2D eigenvalue weighted by molar-refractivity contribution is -0.124. The molecule has 1 amide bonds. The quantitative estimate of drug-likeness (QED) is 0.878. The molecule has 0 bridgehead atoms. The molecule has 3 rings (SSSR count). The van der Waals surface area contributed by atoms with Crippen LogP contribution in [0.15, 0.2) is 0 Å². The number of methoxy groups -OCH3 is 1. The van der Waals surface area contributed by atoms with Crippen molar-refractivity contribution < 1.29 is 14.3 Å². The van der Waals surface area contributed by atoms with Crippen molar-refractivity contribution in [2.45, 2.75) is 44.4 Å². The molecule has 1 aromatic rings. The summed E-state index contributed by atoms with van der Waals surface area (Å²) >= 11 is 1.35. The first-order valence-electron chi connectivity index (χ1n) is 7.73. The van der Waals surface area contributed by atoms with Crippen molar-refractivity contribution in [1.29, 1.82) is 0 Å². The van der Waals surface area contributed by atoms with Crippen molar-refractivity contribution in [3.63, 3.8) is 0 Å². The van der Waals surface area contributed by atoms with Gasteiger partial charge in [0.25, 0.3) is 0 Å². The van der Waals surface area contributed by atoms with Gasteiger partial charge in [0.1, 0.15) is 11.6 Å². The molecule has 1 aliphatic carbocycles. The first-order chi connectivity index (χ1) is 10.8. The lowest BCUT2D eigenvalue weighted by atomic mass is 9.90. The van der Waals surface area contributed by atoms with Crippen LogP contribution in [0.1, 0.15) is 30.7 Å². The second kappa shape index (κ2) is 7.45. The highest BCUT2D eigenvalue weighted by Gasteiger charge is 2.34. The molecule has 2 fully saturated rings. The topological polar surface area (TPSA) is 76.6 Å². The molecule has 2 heterocycles. The maximum Gasteiger partial charge on any atom is 0.240 e. The number of nitrogens with one attached hydrogen (secondary N) is 1. The van der Waals surface area contributed by atoms with Gasteiger partial charge in [0.2, 0.25) is 11.0 Å². The van der Waals surface area contributed by atoms with Gasteiger partial charge in [0.15, 0.2) is 0 Å². The summed E-state index contributed by atoms with van der Waals surface area (Å²) in [5, 5.41) is 12.1. The van der Waals surface area contributed by atoms with Crippen molar-refractivity contribution in [1.82, 2.24) is 15.1 Å². The van der Waals surface area contributed by atoms with Gasteiger partial charge < -0.3 is 9.47 Å². The van der Waals surface area contributed by atoms with Gasteiger partial charge in [-0.05, 0) is 12.8 Å². The summed E-state index contributed by atoms with van der Waals surface area (Å²) in [7, 11) is 1.61. The number of ether oxygens (including phenoxy) is 2. The van der Waals surface area contributed by atoms with E-state index in [0.717, 1.165) is 24.4 Å². The summed E-state index contributed by atoms with van der Waals surface area (Å²) in [5.41, 5.74) is 0. The fourth-order valence-corrected chi connectivity index (χ4v) is 3.93. The smallest absolute Gasteiger partial charge is 0.240 e. The van der Waals surface area contributed by atoms with E-state index in [1.165, 1.54) is 24.2 Å². The molecule has 0 radical (unpaired) electrons. The van der Waals surface area contributed by atoms with Crippen molar-refractivity contribution in [3.8, 4) is 0 Å². The number of carbonyl (C=O) groups excluding carboxylic acids is 1. The Bertz CT molecular complexity index is 508. The monoisotopic (exact) mass is 326 g/mol. The van der Waals surface area contributed by atoms with Gasteiger partial charge in [-0.2, -0.15) is 0 Å². The molecule has 122 valence electrons. The Morgan fingerprint density at radius 1 is 1.45 bits per heavy atom. The third-order valence-electron chi connectivity index (χ3n) is 4.17. The minimum absolute atomic E-state index is 0.0358. The van der Waals surface area contributed by atoms with E-state index in [1.54, 1.807) is 7.11 Å². The van der Waals surface area contributed by atoms with E-state index >= 15 is 0 Å². The van der Waals surface area contributed by atoms with Crippen LogP contribution in [0.2, 0.25) is 0 Å². The number of nitrogens with zero attached hydrogens (tertiary/aromatic N) is 3. The van der Waals surface area contributed by atoms with E-state index in [-0.39, 0.29) is 5.91 Å². The summed E-state index contributed by atoms with van der Waals surface area (Å²) in [5.74, 6) is -0.0358. The fraction of sp³-hybridized carbons (Fsp3) is 0.786. The maximum absolute atomic E-state index is 12.2. The van der Waals surface area contributed by atoms with Gasteiger partial charge in [-0.3, -0.25) is 15.0 Å². The zero-order valence-corrected chi connectivity index (χ0v) is 13.6. The predicted octanol–water partition coefficient (Wildman–Crippen LogP) is 1.27. The van der Waals surface area contributed by atoms with Crippen LogP contribution in [-0.4, -0.2) is 60.0 Å². The molecule has 7 nitrogen and oxygen atoms in total. The standard InChI is InChI=1S/C14H22N4O3S/c1-20-9-13-16-17-14(22-13)15-12(19)8-18-6-7-21-11-5-3-2-4-10(11)18/h10-11H,2-9H2,1H3,(H,15,17,19)/t10-,11-/m1/s1. The van der Waals surface area contributed by atoms with E-state index in [9.17, 15) is 4.79 Å². The average Bonchev–Trinajstić information content (AvgIpc) is 2.95. The van der Waals surface area contributed by atoms with Gasteiger partial charge >= 0.3 is 0 Å². The van der Waals surface area contributed by atoms with Crippen LogP contribution in [0.25, 0.3) is 0 Å². The molecular formula is C14H22N4O3S. The molecule has 1 aliphatic heterocycles. The van der Waals surface area contributed by atoms with Crippen LogP contribution in [0, 0.1) is 0 Å². The summed E-state index contributed by atoms with van der Waals surface area (Å²) in [6.07, 6.45) is 4.98. The first kappa shape index (κ1) is 15.8. The Hall–Kier alpha value is -1.09. The maximum atomic E-state index is 12.2. The molecule has 0 aromatic carbocycles. The number of rotatable bonds is 5. The van der Waals surface area contributed by atoms with Gasteiger partial charge in [-0.25, -0.2) is 0 Å². The number of carbonyl (C=O) groups is 1. The van der Waals surface area contributed by atoms with Crippen molar-refractivity contribution in [2.24, 2.45) is 0 Å². The van der Waals surface area contributed by atoms with E-state index in [2.05, 4.69) is 20.4 Å². The lowest BCUT2D eigenvalue weighted by Crippen LogP contribution is -2.54. The Labute approximate surface area is 134 Å².